The molecule has 2 N–H and O–H groups in total. The summed E-state index contributed by atoms with van der Waals surface area (Å²) in [5, 5.41) is 2.95. The molecular formula is C25H29N5O3. The van der Waals surface area contributed by atoms with Gasteiger partial charge in [0.25, 0.3) is 5.56 Å². The Morgan fingerprint density at radius 2 is 2.00 bits per heavy atom. The fourth-order valence-electron chi connectivity index (χ4n) is 4.00. The van der Waals surface area contributed by atoms with Crippen LogP contribution in [-0.4, -0.2) is 58.1 Å². The molecule has 172 valence electrons. The molecule has 0 spiro atoms. The largest absolute Gasteiger partial charge is 0.374 e. The zero-order valence-electron chi connectivity index (χ0n) is 18.8. The van der Waals surface area contributed by atoms with Crippen LogP contribution in [0.3, 0.4) is 0 Å². The summed E-state index contributed by atoms with van der Waals surface area (Å²) in [7, 11) is 0. The molecule has 1 aromatic carbocycles. The SMILES string of the molecule is Cc1nc(-c2ccncc2)[nH]c(=O)c1CCC(=O)NCC1CN(Cc2ccccc2)CCO1. The van der Waals surface area contributed by atoms with E-state index in [1.807, 2.05) is 18.2 Å². The van der Waals surface area contributed by atoms with E-state index >= 15 is 0 Å². The van der Waals surface area contributed by atoms with Gasteiger partial charge < -0.3 is 15.0 Å². The maximum absolute atomic E-state index is 12.6. The first-order valence-electron chi connectivity index (χ1n) is 11.2. The first-order valence-corrected chi connectivity index (χ1v) is 11.2. The maximum atomic E-state index is 12.6. The molecule has 0 aliphatic carbocycles. The second-order valence-electron chi connectivity index (χ2n) is 8.23. The average Bonchev–Trinajstić information content (AvgIpc) is 2.83. The minimum Gasteiger partial charge on any atom is -0.374 e. The van der Waals surface area contributed by atoms with E-state index in [9.17, 15) is 9.59 Å². The molecule has 3 aromatic rings. The van der Waals surface area contributed by atoms with Gasteiger partial charge in [-0.25, -0.2) is 4.98 Å². The third kappa shape index (κ3) is 6.34. The van der Waals surface area contributed by atoms with E-state index in [4.69, 9.17) is 4.74 Å². The standard InChI is InChI=1S/C25H29N5O3/c1-18-22(25(32)29-24(28-18)20-9-11-26-12-10-20)7-8-23(31)27-15-21-17-30(13-14-33-21)16-19-5-3-2-4-6-19/h2-6,9-12,21H,7-8,13-17H2,1H3,(H,27,31)(H,28,29,32). The molecule has 1 fully saturated rings. The number of carbonyl (C=O) groups is 1. The van der Waals surface area contributed by atoms with Crippen LogP contribution in [0.15, 0.2) is 59.7 Å². The second-order valence-corrected chi connectivity index (χ2v) is 8.23. The van der Waals surface area contributed by atoms with Gasteiger partial charge in [0, 0.05) is 61.8 Å². The van der Waals surface area contributed by atoms with Crippen LogP contribution in [-0.2, 0) is 22.5 Å². The third-order valence-electron chi connectivity index (χ3n) is 5.78. The van der Waals surface area contributed by atoms with Crippen molar-refractivity contribution in [3.63, 3.8) is 0 Å². The van der Waals surface area contributed by atoms with Crippen LogP contribution in [0.2, 0.25) is 0 Å². The number of hydrogen-bond donors (Lipinski definition) is 2. The van der Waals surface area contributed by atoms with Crippen molar-refractivity contribution >= 4 is 5.91 Å². The van der Waals surface area contributed by atoms with E-state index in [-0.39, 0.29) is 24.0 Å². The number of morpholine rings is 1. The first kappa shape index (κ1) is 22.8. The summed E-state index contributed by atoms with van der Waals surface area (Å²) in [6, 6.07) is 13.9. The zero-order valence-corrected chi connectivity index (χ0v) is 18.8. The number of pyridine rings is 1. The van der Waals surface area contributed by atoms with E-state index in [0.29, 0.717) is 36.7 Å². The summed E-state index contributed by atoms with van der Waals surface area (Å²) in [5.74, 6) is 0.401. The lowest BCUT2D eigenvalue weighted by Gasteiger charge is -2.33. The molecule has 8 heteroatoms. The van der Waals surface area contributed by atoms with Crippen molar-refractivity contribution in [2.45, 2.75) is 32.4 Å². The molecule has 1 aliphatic rings. The fourth-order valence-corrected chi connectivity index (χ4v) is 4.00. The molecule has 3 heterocycles. The molecule has 1 atom stereocenters. The van der Waals surface area contributed by atoms with Crippen LogP contribution < -0.4 is 10.9 Å². The minimum absolute atomic E-state index is 0.0436. The Hall–Kier alpha value is -3.36. The lowest BCUT2D eigenvalue weighted by atomic mass is 10.1. The van der Waals surface area contributed by atoms with Crippen LogP contribution in [0.25, 0.3) is 11.4 Å². The third-order valence-corrected chi connectivity index (χ3v) is 5.78. The molecule has 1 saturated heterocycles. The molecule has 2 aromatic heterocycles. The lowest BCUT2D eigenvalue weighted by Crippen LogP contribution is -2.47. The molecule has 4 rings (SSSR count). The molecule has 0 radical (unpaired) electrons. The number of hydrogen-bond acceptors (Lipinski definition) is 6. The predicted octanol–water partition coefficient (Wildman–Crippen LogP) is 2.09. The Balaban J connectivity index is 1.26. The average molecular weight is 448 g/mol. The number of nitrogens with one attached hydrogen (secondary N) is 2. The summed E-state index contributed by atoms with van der Waals surface area (Å²) < 4.78 is 5.83. The molecule has 0 saturated carbocycles. The van der Waals surface area contributed by atoms with Gasteiger partial charge in [-0.05, 0) is 31.0 Å². The number of aromatic amines is 1. The number of carbonyl (C=O) groups excluding carboxylic acids is 1. The van der Waals surface area contributed by atoms with Gasteiger partial charge >= 0.3 is 0 Å². The Morgan fingerprint density at radius 3 is 2.76 bits per heavy atom. The van der Waals surface area contributed by atoms with Crippen molar-refractivity contribution in [1.82, 2.24) is 25.2 Å². The number of ether oxygens (including phenoxy) is 1. The summed E-state index contributed by atoms with van der Waals surface area (Å²) in [6.07, 6.45) is 3.82. The number of H-pyrrole nitrogens is 1. The minimum atomic E-state index is -0.214. The molecule has 1 aliphatic heterocycles. The Bertz CT molecular complexity index is 1120. The van der Waals surface area contributed by atoms with Crippen molar-refractivity contribution in [3.8, 4) is 11.4 Å². The number of benzene rings is 1. The molecule has 1 unspecified atom stereocenters. The Morgan fingerprint density at radius 1 is 1.21 bits per heavy atom. The molecule has 33 heavy (non-hydrogen) atoms. The number of aryl methyl sites for hydroxylation is 1. The molecular weight excluding hydrogens is 418 g/mol. The van der Waals surface area contributed by atoms with E-state index in [0.717, 1.165) is 25.2 Å². The quantitative estimate of drug-likeness (QED) is 0.549. The second kappa shape index (κ2) is 11.0. The van der Waals surface area contributed by atoms with Crippen molar-refractivity contribution < 1.29 is 9.53 Å². The summed E-state index contributed by atoms with van der Waals surface area (Å²) in [6.45, 7) is 5.43. The van der Waals surface area contributed by atoms with Crippen molar-refractivity contribution in [1.29, 1.82) is 0 Å². The van der Waals surface area contributed by atoms with Crippen molar-refractivity contribution in [3.05, 3.63) is 82.0 Å². The Labute approximate surface area is 193 Å². The highest BCUT2D eigenvalue weighted by Crippen LogP contribution is 2.14. The lowest BCUT2D eigenvalue weighted by molar-refractivity contribution is -0.122. The van der Waals surface area contributed by atoms with Crippen molar-refractivity contribution in [2.24, 2.45) is 0 Å². The van der Waals surface area contributed by atoms with Gasteiger partial charge in [0.05, 0.1) is 12.7 Å². The van der Waals surface area contributed by atoms with Gasteiger partial charge in [-0.2, -0.15) is 0 Å². The highest BCUT2D eigenvalue weighted by molar-refractivity contribution is 5.76. The Kier molecular flexibility index (Phi) is 7.59. The number of nitrogens with zero attached hydrogens (tertiary/aromatic N) is 3. The maximum Gasteiger partial charge on any atom is 0.254 e. The monoisotopic (exact) mass is 447 g/mol. The molecule has 0 bridgehead atoms. The van der Waals surface area contributed by atoms with E-state index < -0.39 is 0 Å². The highest BCUT2D eigenvalue weighted by Gasteiger charge is 2.21. The fraction of sp³-hybridized carbons (Fsp3) is 0.360. The van der Waals surface area contributed by atoms with Gasteiger partial charge in [-0.3, -0.25) is 19.5 Å². The number of rotatable bonds is 8. The van der Waals surface area contributed by atoms with Crippen LogP contribution in [0.5, 0.6) is 0 Å². The molecule has 1 amide bonds. The van der Waals surface area contributed by atoms with Gasteiger partial charge in [-0.15, -0.1) is 0 Å². The van der Waals surface area contributed by atoms with E-state index in [1.54, 1.807) is 31.5 Å². The van der Waals surface area contributed by atoms with Gasteiger partial charge in [0.15, 0.2) is 0 Å². The summed E-state index contributed by atoms with van der Waals surface area (Å²) in [4.78, 5) is 38.6. The normalized spacial score (nSPS) is 16.5. The van der Waals surface area contributed by atoms with E-state index in [2.05, 4.69) is 37.3 Å². The number of aromatic nitrogens is 3. The number of amides is 1. The van der Waals surface area contributed by atoms with Gasteiger partial charge in [-0.1, -0.05) is 30.3 Å². The van der Waals surface area contributed by atoms with Crippen LogP contribution in [0.4, 0.5) is 0 Å². The highest BCUT2D eigenvalue weighted by atomic mass is 16.5. The zero-order chi connectivity index (χ0) is 23.0. The summed E-state index contributed by atoms with van der Waals surface area (Å²) in [5.41, 5.74) is 3.01. The predicted molar refractivity (Wildman–Crippen MR) is 126 cm³/mol. The first-order chi connectivity index (χ1) is 16.1. The topological polar surface area (TPSA) is 100 Å². The smallest absolute Gasteiger partial charge is 0.254 e. The molecule has 8 nitrogen and oxygen atoms in total. The van der Waals surface area contributed by atoms with Gasteiger partial charge in [0.1, 0.15) is 5.82 Å². The van der Waals surface area contributed by atoms with Crippen LogP contribution in [0.1, 0.15) is 23.2 Å². The summed E-state index contributed by atoms with van der Waals surface area (Å²) >= 11 is 0. The van der Waals surface area contributed by atoms with E-state index in [1.165, 1.54) is 5.56 Å². The van der Waals surface area contributed by atoms with Crippen LogP contribution >= 0.6 is 0 Å². The van der Waals surface area contributed by atoms with Crippen molar-refractivity contribution in [2.75, 3.05) is 26.2 Å². The van der Waals surface area contributed by atoms with Crippen LogP contribution in [0, 0.1) is 6.92 Å². The van der Waals surface area contributed by atoms with Gasteiger partial charge in [0.2, 0.25) is 5.91 Å².